The van der Waals surface area contributed by atoms with Crippen LogP contribution in [0.5, 0.6) is 0 Å². The second-order valence-electron chi connectivity index (χ2n) is 5.68. The monoisotopic (exact) mass is 269 g/mol. The van der Waals surface area contributed by atoms with Crippen molar-refractivity contribution in [3.63, 3.8) is 0 Å². The highest BCUT2D eigenvalue weighted by Gasteiger charge is 2.24. The maximum absolute atomic E-state index is 5.85. The molecule has 0 bridgehead atoms. The van der Waals surface area contributed by atoms with E-state index in [1.54, 1.807) is 11.3 Å². The van der Waals surface area contributed by atoms with E-state index in [9.17, 15) is 0 Å². The van der Waals surface area contributed by atoms with Crippen molar-refractivity contribution >= 4 is 16.5 Å². The Labute approximate surface area is 113 Å². The van der Waals surface area contributed by atoms with Crippen LogP contribution in [0.4, 0.5) is 5.13 Å². The van der Waals surface area contributed by atoms with Gasteiger partial charge in [0.2, 0.25) is 0 Å². The van der Waals surface area contributed by atoms with E-state index < -0.39 is 0 Å². The summed E-state index contributed by atoms with van der Waals surface area (Å²) in [6.07, 6.45) is 1.07. The Morgan fingerprint density at radius 2 is 2.11 bits per heavy atom. The van der Waals surface area contributed by atoms with E-state index in [0.29, 0.717) is 6.54 Å². The Hall–Kier alpha value is -0.650. The van der Waals surface area contributed by atoms with Crippen LogP contribution in [-0.4, -0.2) is 31.3 Å². The van der Waals surface area contributed by atoms with Crippen LogP contribution in [0.1, 0.15) is 37.8 Å². The number of aromatic nitrogens is 1. The highest BCUT2D eigenvalue weighted by atomic mass is 32.1. The molecule has 0 saturated carbocycles. The van der Waals surface area contributed by atoms with Gasteiger partial charge in [0.1, 0.15) is 0 Å². The van der Waals surface area contributed by atoms with Gasteiger partial charge in [-0.05, 0) is 6.42 Å². The third kappa shape index (κ3) is 3.02. The van der Waals surface area contributed by atoms with Crippen LogP contribution in [0, 0.1) is 0 Å². The Morgan fingerprint density at radius 1 is 1.33 bits per heavy atom. The fourth-order valence-electron chi connectivity index (χ4n) is 2.14. The molecule has 0 aliphatic carbocycles. The van der Waals surface area contributed by atoms with E-state index in [1.165, 1.54) is 4.88 Å². The first-order valence-corrected chi connectivity index (χ1v) is 7.37. The van der Waals surface area contributed by atoms with Gasteiger partial charge in [0, 0.05) is 36.5 Å². The molecule has 2 N–H and O–H groups in total. The summed E-state index contributed by atoms with van der Waals surface area (Å²) in [4.78, 5) is 8.36. The first kappa shape index (κ1) is 13.8. The van der Waals surface area contributed by atoms with Gasteiger partial charge in [0.05, 0.1) is 12.3 Å². The summed E-state index contributed by atoms with van der Waals surface area (Å²) in [5.41, 5.74) is 7.06. The van der Waals surface area contributed by atoms with Gasteiger partial charge in [-0.15, -0.1) is 11.3 Å². The molecule has 0 aromatic carbocycles. The molecule has 1 aromatic heterocycles. The summed E-state index contributed by atoms with van der Waals surface area (Å²) in [7, 11) is 0. The van der Waals surface area contributed by atoms with Gasteiger partial charge in [-0.1, -0.05) is 20.8 Å². The lowest BCUT2D eigenvalue weighted by Gasteiger charge is -2.19. The highest BCUT2D eigenvalue weighted by molar-refractivity contribution is 7.15. The standard InChI is InChI=1S/C13H23N3OS/c1-13(2,3)11-10(9-14)18-12(15-11)16-5-4-7-17-8-6-16/h4-9,14H2,1-3H3. The second-order valence-corrected chi connectivity index (χ2v) is 6.74. The average molecular weight is 269 g/mol. The van der Waals surface area contributed by atoms with E-state index in [4.69, 9.17) is 15.5 Å². The Balaban J connectivity index is 2.25. The van der Waals surface area contributed by atoms with Crippen molar-refractivity contribution in [1.82, 2.24) is 4.98 Å². The van der Waals surface area contributed by atoms with Crippen LogP contribution in [0.25, 0.3) is 0 Å². The number of rotatable bonds is 2. The zero-order valence-electron chi connectivity index (χ0n) is 11.5. The molecule has 1 fully saturated rings. The minimum Gasteiger partial charge on any atom is -0.380 e. The lowest BCUT2D eigenvalue weighted by atomic mass is 9.91. The molecule has 1 aliphatic rings. The fourth-order valence-corrected chi connectivity index (χ4v) is 3.34. The van der Waals surface area contributed by atoms with E-state index in [0.717, 1.165) is 43.5 Å². The molecule has 0 atom stereocenters. The zero-order valence-corrected chi connectivity index (χ0v) is 12.3. The van der Waals surface area contributed by atoms with E-state index in [1.807, 2.05) is 0 Å². The Kier molecular flexibility index (Phi) is 4.25. The van der Waals surface area contributed by atoms with Crippen molar-refractivity contribution < 1.29 is 4.74 Å². The largest absolute Gasteiger partial charge is 0.380 e. The second kappa shape index (κ2) is 5.55. The van der Waals surface area contributed by atoms with E-state index >= 15 is 0 Å². The molecular weight excluding hydrogens is 246 g/mol. The summed E-state index contributed by atoms with van der Waals surface area (Å²) in [6.45, 7) is 10.8. The molecule has 102 valence electrons. The van der Waals surface area contributed by atoms with Crippen molar-refractivity contribution in [1.29, 1.82) is 0 Å². The summed E-state index contributed by atoms with van der Waals surface area (Å²) in [5, 5.41) is 1.10. The predicted octanol–water partition coefficient (Wildman–Crippen LogP) is 2.13. The first-order chi connectivity index (χ1) is 8.52. The van der Waals surface area contributed by atoms with E-state index in [2.05, 4.69) is 25.7 Å². The molecule has 2 heterocycles. The number of thiazole rings is 1. The van der Waals surface area contributed by atoms with Gasteiger partial charge < -0.3 is 15.4 Å². The molecule has 0 unspecified atom stereocenters. The first-order valence-electron chi connectivity index (χ1n) is 6.55. The molecule has 0 radical (unpaired) electrons. The predicted molar refractivity (Wildman–Crippen MR) is 76.4 cm³/mol. The minimum atomic E-state index is 0.0613. The molecule has 1 aliphatic heterocycles. The number of nitrogens with zero attached hydrogens (tertiary/aromatic N) is 2. The van der Waals surface area contributed by atoms with Crippen LogP contribution in [-0.2, 0) is 16.7 Å². The van der Waals surface area contributed by atoms with Gasteiger partial charge in [0.25, 0.3) is 0 Å². The molecule has 4 nitrogen and oxygen atoms in total. The number of hydrogen-bond donors (Lipinski definition) is 1. The molecule has 1 saturated heterocycles. The van der Waals surface area contributed by atoms with Gasteiger partial charge in [0.15, 0.2) is 5.13 Å². The molecule has 5 heteroatoms. The van der Waals surface area contributed by atoms with Crippen molar-refractivity contribution in [2.45, 2.75) is 39.2 Å². The lowest BCUT2D eigenvalue weighted by molar-refractivity contribution is 0.152. The van der Waals surface area contributed by atoms with Crippen molar-refractivity contribution in [3.8, 4) is 0 Å². The summed E-state index contributed by atoms with van der Waals surface area (Å²) in [5.74, 6) is 0. The molecular formula is C13H23N3OS. The van der Waals surface area contributed by atoms with Gasteiger partial charge >= 0.3 is 0 Å². The summed E-state index contributed by atoms with van der Waals surface area (Å²) < 4.78 is 5.49. The molecule has 1 aromatic rings. The van der Waals surface area contributed by atoms with Crippen LogP contribution in [0.3, 0.4) is 0 Å². The number of ether oxygens (including phenoxy) is 1. The fraction of sp³-hybridized carbons (Fsp3) is 0.769. The Bertz CT molecular complexity index is 389. The topological polar surface area (TPSA) is 51.4 Å². The van der Waals surface area contributed by atoms with Crippen molar-refractivity contribution in [2.75, 3.05) is 31.2 Å². The van der Waals surface area contributed by atoms with Crippen molar-refractivity contribution in [3.05, 3.63) is 10.6 Å². The lowest BCUT2D eigenvalue weighted by Crippen LogP contribution is -2.26. The highest BCUT2D eigenvalue weighted by Crippen LogP contribution is 2.33. The van der Waals surface area contributed by atoms with Crippen LogP contribution < -0.4 is 10.6 Å². The molecule has 0 amide bonds. The normalized spacial score (nSPS) is 17.9. The maximum atomic E-state index is 5.85. The molecule has 0 spiro atoms. The number of anilines is 1. The van der Waals surface area contributed by atoms with Crippen LogP contribution >= 0.6 is 11.3 Å². The third-order valence-corrected chi connectivity index (χ3v) is 4.21. The summed E-state index contributed by atoms with van der Waals surface area (Å²) >= 11 is 1.74. The minimum absolute atomic E-state index is 0.0613. The number of nitrogens with two attached hydrogens (primary N) is 1. The maximum Gasteiger partial charge on any atom is 0.185 e. The summed E-state index contributed by atoms with van der Waals surface area (Å²) in [6, 6.07) is 0. The van der Waals surface area contributed by atoms with Crippen LogP contribution in [0.2, 0.25) is 0 Å². The van der Waals surface area contributed by atoms with Gasteiger partial charge in [-0.25, -0.2) is 4.98 Å². The molecule has 18 heavy (non-hydrogen) atoms. The van der Waals surface area contributed by atoms with Crippen LogP contribution in [0.15, 0.2) is 0 Å². The average Bonchev–Trinajstić information content (AvgIpc) is 2.57. The smallest absolute Gasteiger partial charge is 0.185 e. The molecule has 2 rings (SSSR count). The van der Waals surface area contributed by atoms with Gasteiger partial charge in [-0.2, -0.15) is 0 Å². The zero-order chi connectivity index (χ0) is 13.2. The van der Waals surface area contributed by atoms with Crippen molar-refractivity contribution in [2.24, 2.45) is 5.73 Å². The Morgan fingerprint density at radius 3 is 2.72 bits per heavy atom. The quantitative estimate of drug-likeness (QED) is 0.893. The number of hydrogen-bond acceptors (Lipinski definition) is 5. The van der Waals surface area contributed by atoms with Gasteiger partial charge in [-0.3, -0.25) is 0 Å². The SMILES string of the molecule is CC(C)(C)c1nc(N2CCCOCC2)sc1CN. The van der Waals surface area contributed by atoms with E-state index in [-0.39, 0.29) is 5.41 Å². The third-order valence-electron chi connectivity index (χ3n) is 3.07.